The minimum absolute atomic E-state index is 0.0519. The Morgan fingerprint density at radius 1 is 1.00 bits per heavy atom. The average molecular weight is 347 g/mol. The number of nitrogens with zero attached hydrogens (tertiary/aromatic N) is 1. The van der Waals surface area contributed by atoms with Gasteiger partial charge in [0.25, 0.3) is 5.91 Å². The van der Waals surface area contributed by atoms with Gasteiger partial charge in [0, 0.05) is 6.54 Å². The highest BCUT2D eigenvalue weighted by Gasteiger charge is 2.55. The van der Waals surface area contributed by atoms with Crippen LogP contribution in [0, 0.1) is 5.92 Å². The van der Waals surface area contributed by atoms with E-state index >= 15 is 0 Å². The Bertz CT molecular complexity index is 657. The Hall–Kier alpha value is -2.70. The third kappa shape index (κ3) is 4.04. The highest BCUT2D eigenvalue weighted by molar-refractivity contribution is 6.43. The summed E-state index contributed by atoms with van der Waals surface area (Å²) in [5, 5.41) is 0. The molecule has 1 aliphatic rings. The molecule has 0 bridgehead atoms. The van der Waals surface area contributed by atoms with Gasteiger partial charge in [0.05, 0.1) is 13.2 Å². The molecule has 1 heterocycles. The maximum atomic E-state index is 12.3. The van der Waals surface area contributed by atoms with Crippen molar-refractivity contribution >= 4 is 23.6 Å². The fourth-order valence-corrected chi connectivity index (χ4v) is 2.82. The van der Waals surface area contributed by atoms with E-state index in [1.165, 1.54) is 0 Å². The molecule has 0 radical (unpaired) electrons. The number of Topliss-reactive ketones (excluding diaryl/α,β-unsaturated/α-hetero) is 1. The number of ether oxygens (including phenoxy) is 2. The Morgan fingerprint density at radius 2 is 1.60 bits per heavy atom. The number of hydrogen-bond donors (Lipinski definition) is 0. The number of amides is 1. The first kappa shape index (κ1) is 18.6. The summed E-state index contributed by atoms with van der Waals surface area (Å²) in [6, 6.07) is 8.07. The molecule has 1 aromatic rings. The van der Waals surface area contributed by atoms with Crippen molar-refractivity contribution in [3.05, 3.63) is 35.9 Å². The van der Waals surface area contributed by atoms with Crippen molar-refractivity contribution in [2.24, 2.45) is 5.92 Å². The first-order valence-electron chi connectivity index (χ1n) is 8.23. The van der Waals surface area contributed by atoms with Gasteiger partial charge in [0.15, 0.2) is 12.0 Å². The van der Waals surface area contributed by atoms with E-state index in [4.69, 9.17) is 9.47 Å². The zero-order valence-corrected chi connectivity index (χ0v) is 14.3. The van der Waals surface area contributed by atoms with Gasteiger partial charge < -0.3 is 14.4 Å². The normalized spacial score (nSPS) is 19.8. The van der Waals surface area contributed by atoms with Crippen LogP contribution in [0.2, 0.25) is 0 Å². The number of ketones is 1. The van der Waals surface area contributed by atoms with E-state index in [2.05, 4.69) is 0 Å². The molecule has 0 aromatic heterocycles. The predicted octanol–water partition coefficient (Wildman–Crippen LogP) is 0.751. The number of benzene rings is 1. The number of rotatable bonds is 7. The molecule has 25 heavy (non-hydrogen) atoms. The molecule has 1 saturated heterocycles. The van der Waals surface area contributed by atoms with Crippen LogP contribution >= 0.6 is 0 Å². The van der Waals surface area contributed by atoms with Gasteiger partial charge in [-0.15, -0.1) is 0 Å². The van der Waals surface area contributed by atoms with Crippen molar-refractivity contribution in [3.8, 4) is 0 Å². The second kappa shape index (κ2) is 8.41. The van der Waals surface area contributed by atoms with E-state index in [0.29, 0.717) is 6.42 Å². The molecule has 2 unspecified atom stereocenters. The maximum Gasteiger partial charge on any atom is 0.330 e. The van der Waals surface area contributed by atoms with Gasteiger partial charge in [-0.05, 0) is 25.8 Å². The zero-order valence-electron chi connectivity index (χ0n) is 14.3. The van der Waals surface area contributed by atoms with Crippen LogP contribution in [0.3, 0.4) is 0 Å². The predicted molar refractivity (Wildman–Crippen MR) is 87.4 cm³/mol. The lowest BCUT2D eigenvalue weighted by atomic mass is 9.99. The third-order valence-electron chi connectivity index (χ3n) is 3.96. The Kier molecular flexibility index (Phi) is 6.27. The number of carbonyl (C=O) groups excluding carboxylic acids is 4. The molecule has 1 fully saturated rings. The van der Waals surface area contributed by atoms with Crippen LogP contribution in [-0.4, -0.2) is 54.3 Å². The van der Waals surface area contributed by atoms with Crippen molar-refractivity contribution in [2.75, 3.05) is 19.8 Å². The molecule has 0 aliphatic carbocycles. The SMILES string of the molecule is CCOC(=O)C1C(=O)C(=O)N(CCc2ccccc2)C1C(=O)OCC. The number of hydrogen-bond acceptors (Lipinski definition) is 6. The molecule has 1 aromatic carbocycles. The molecule has 0 spiro atoms. The van der Waals surface area contributed by atoms with Gasteiger partial charge in [0.1, 0.15) is 0 Å². The molecule has 7 nitrogen and oxygen atoms in total. The summed E-state index contributed by atoms with van der Waals surface area (Å²) >= 11 is 0. The van der Waals surface area contributed by atoms with Crippen LogP contribution in [0.4, 0.5) is 0 Å². The Labute approximate surface area is 145 Å². The molecule has 0 N–H and O–H groups in total. The van der Waals surface area contributed by atoms with E-state index in [0.717, 1.165) is 10.5 Å². The largest absolute Gasteiger partial charge is 0.465 e. The fourth-order valence-electron chi connectivity index (χ4n) is 2.82. The molecule has 7 heteroatoms. The third-order valence-corrected chi connectivity index (χ3v) is 3.96. The second-order valence-electron chi connectivity index (χ2n) is 5.53. The lowest BCUT2D eigenvalue weighted by Crippen LogP contribution is -2.45. The molecular weight excluding hydrogens is 326 g/mol. The van der Waals surface area contributed by atoms with Crippen LogP contribution in [0.25, 0.3) is 0 Å². The van der Waals surface area contributed by atoms with Gasteiger partial charge in [-0.25, -0.2) is 4.79 Å². The quantitative estimate of drug-likeness (QED) is 0.411. The highest BCUT2D eigenvalue weighted by atomic mass is 16.5. The lowest BCUT2D eigenvalue weighted by Gasteiger charge is -2.24. The number of esters is 2. The highest BCUT2D eigenvalue weighted by Crippen LogP contribution is 2.26. The second-order valence-corrected chi connectivity index (χ2v) is 5.53. The fraction of sp³-hybridized carbons (Fsp3) is 0.444. The Balaban J connectivity index is 2.24. The maximum absolute atomic E-state index is 12.3. The van der Waals surface area contributed by atoms with E-state index in [1.54, 1.807) is 13.8 Å². The standard InChI is InChI=1S/C18H21NO6/c1-3-24-17(22)13-14(18(23)25-4-2)19(16(21)15(13)20)11-10-12-8-6-5-7-9-12/h5-9,13-14H,3-4,10-11H2,1-2H3. The van der Waals surface area contributed by atoms with E-state index in [1.807, 2.05) is 30.3 Å². The Morgan fingerprint density at radius 3 is 2.20 bits per heavy atom. The molecule has 134 valence electrons. The molecular formula is C18H21NO6. The smallest absolute Gasteiger partial charge is 0.330 e. The van der Waals surface area contributed by atoms with E-state index < -0.39 is 35.6 Å². The first-order chi connectivity index (χ1) is 12.0. The number of likely N-dealkylation sites (tertiary alicyclic amines) is 1. The summed E-state index contributed by atoms with van der Waals surface area (Å²) < 4.78 is 9.84. The van der Waals surface area contributed by atoms with Crippen LogP contribution in [0.1, 0.15) is 19.4 Å². The van der Waals surface area contributed by atoms with Crippen molar-refractivity contribution < 1.29 is 28.7 Å². The lowest BCUT2D eigenvalue weighted by molar-refractivity contribution is -0.160. The van der Waals surface area contributed by atoms with Gasteiger partial charge >= 0.3 is 11.9 Å². The van der Waals surface area contributed by atoms with Crippen LogP contribution in [-0.2, 0) is 35.1 Å². The van der Waals surface area contributed by atoms with Crippen LogP contribution in [0.5, 0.6) is 0 Å². The van der Waals surface area contributed by atoms with E-state index in [9.17, 15) is 19.2 Å². The topological polar surface area (TPSA) is 90.0 Å². The van der Waals surface area contributed by atoms with Crippen LogP contribution in [0.15, 0.2) is 30.3 Å². The van der Waals surface area contributed by atoms with Gasteiger partial charge in [-0.2, -0.15) is 0 Å². The molecule has 2 atom stereocenters. The van der Waals surface area contributed by atoms with Gasteiger partial charge in [-0.3, -0.25) is 14.4 Å². The molecule has 1 aliphatic heterocycles. The van der Waals surface area contributed by atoms with Gasteiger partial charge in [0.2, 0.25) is 5.78 Å². The summed E-state index contributed by atoms with van der Waals surface area (Å²) in [4.78, 5) is 50.1. The minimum Gasteiger partial charge on any atom is -0.465 e. The summed E-state index contributed by atoms with van der Waals surface area (Å²) in [6.45, 7) is 3.47. The van der Waals surface area contributed by atoms with Crippen molar-refractivity contribution in [1.29, 1.82) is 0 Å². The minimum atomic E-state index is -1.47. The molecule has 2 rings (SSSR count). The summed E-state index contributed by atoms with van der Waals surface area (Å²) in [5.74, 6) is -4.90. The first-order valence-corrected chi connectivity index (χ1v) is 8.23. The van der Waals surface area contributed by atoms with Crippen LogP contribution < -0.4 is 0 Å². The van der Waals surface area contributed by atoms with Crippen molar-refractivity contribution in [3.63, 3.8) is 0 Å². The van der Waals surface area contributed by atoms with Crippen molar-refractivity contribution in [2.45, 2.75) is 26.3 Å². The monoisotopic (exact) mass is 347 g/mol. The average Bonchev–Trinajstić information content (AvgIpc) is 2.86. The number of carbonyl (C=O) groups is 4. The van der Waals surface area contributed by atoms with Crippen molar-refractivity contribution in [1.82, 2.24) is 4.90 Å². The summed E-state index contributed by atoms with van der Waals surface area (Å²) in [6.07, 6.45) is 0.450. The summed E-state index contributed by atoms with van der Waals surface area (Å²) in [7, 11) is 0. The van der Waals surface area contributed by atoms with Gasteiger partial charge in [-0.1, -0.05) is 30.3 Å². The van der Waals surface area contributed by atoms with E-state index in [-0.39, 0.29) is 19.8 Å². The summed E-state index contributed by atoms with van der Waals surface area (Å²) in [5.41, 5.74) is 0.949. The molecule has 1 amide bonds. The zero-order chi connectivity index (χ0) is 18.4. The molecule has 0 saturated carbocycles.